The Labute approximate surface area is 146 Å². The molecule has 132 valence electrons. The molecule has 0 aliphatic carbocycles. The number of carbonyl (C=O) groups is 2. The van der Waals surface area contributed by atoms with Gasteiger partial charge in [0.15, 0.2) is 6.61 Å². The topological polar surface area (TPSA) is 102 Å². The van der Waals surface area contributed by atoms with Gasteiger partial charge in [-0.15, -0.1) is 0 Å². The lowest BCUT2D eigenvalue weighted by atomic mass is 10.3. The van der Waals surface area contributed by atoms with E-state index in [9.17, 15) is 18.0 Å². The number of nitrogens with one attached hydrogen (secondary N) is 2. The molecule has 0 saturated carbocycles. The van der Waals surface area contributed by atoms with Crippen molar-refractivity contribution < 1.29 is 22.7 Å². The van der Waals surface area contributed by atoms with Crippen LogP contribution in [0.4, 0.5) is 5.69 Å². The van der Waals surface area contributed by atoms with Crippen LogP contribution in [0.2, 0.25) is 0 Å². The van der Waals surface area contributed by atoms with Crippen LogP contribution in [-0.4, -0.2) is 33.4 Å². The lowest BCUT2D eigenvalue weighted by molar-refractivity contribution is -0.147. The van der Waals surface area contributed by atoms with Gasteiger partial charge in [0.1, 0.15) is 0 Å². The molecular weight excluding hydrogens is 344 g/mol. The molecule has 2 aromatic rings. The Morgan fingerprint density at radius 3 is 2.16 bits per heavy atom. The number of esters is 1. The van der Waals surface area contributed by atoms with Crippen LogP contribution in [0, 0.1) is 0 Å². The van der Waals surface area contributed by atoms with Gasteiger partial charge in [-0.05, 0) is 24.3 Å². The Morgan fingerprint density at radius 1 is 0.920 bits per heavy atom. The Morgan fingerprint density at radius 2 is 1.52 bits per heavy atom. The van der Waals surface area contributed by atoms with Crippen molar-refractivity contribution in [3.05, 3.63) is 60.7 Å². The number of ether oxygens (including phenoxy) is 1. The van der Waals surface area contributed by atoms with Crippen LogP contribution in [0.25, 0.3) is 0 Å². The van der Waals surface area contributed by atoms with Gasteiger partial charge in [-0.25, -0.2) is 13.1 Å². The zero-order chi connectivity index (χ0) is 18.1. The van der Waals surface area contributed by atoms with Crippen LogP contribution in [0.1, 0.15) is 6.42 Å². The van der Waals surface area contributed by atoms with Crippen LogP contribution in [0.15, 0.2) is 65.6 Å². The molecule has 8 heteroatoms. The number of carbonyl (C=O) groups excluding carboxylic acids is 2. The molecule has 0 heterocycles. The first-order valence-electron chi connectivity index (χ1n) is 7.52. The van der Waals surface area contributed by atoms with Gasteiger partial charge in [0.25, 0.3) is 5.91 Å². The van der Waals surface area contributed by atoms with Crippen LogP contribution in [0.3, 0.4) is 0 Å². The molecule has 0 spiro atoms. The zero-order valence-corrected chi connectivity index (χ0v) is 14.2. The van der Waals surface area contributed by atoms with Crippen molar-refractivity contribution in [1.29, 1.82) is 0 Å². The van der Waals surface area contributed by atoms with Crippen LogP contribution >= 0.6 is 0 Å². The molecule has 2 N–H and O–H groups in total. The van der Waals surface area contributed by atoms with Gasteiger partial charge in [-0.1, -0.05) is 36.4 Å². The van der Waals surface area contributed by atoms with E-state index in [1.54, 1.807) is 42.5 Å². The summed E-state index contributed by atoms with van der Waals surface area (Å²) in [6.45, 7) is -0.546. The van der Waals surface area contributed by atoms with E-state index >= 15 is 0 Å². The van der Waals surface area contributed by atoms with E-state index in [1.807, 2.05) is 6.07 Å². The van der Waals surface area contributed by atoms with Crippen molar-refractivity contribution in [2.24, 2.45) is 0 Å². The summed E-state index contributed by atoms with van der Waals surface area (Å²) in [7, 11) is -3.66. The summed E-state index contributed by atoms with van der Waals surface area (Å²) in [5, 5.41) is 2.57. The van der Waals surface area contributed by atoms with Gasteiger partial charge in [-0.2, -0.15) is 0 Å². The SMILES string of the molecule is O=C(COC(=O)CCNS(=O)(=O)c1ccccc1)Nc1ccccc1. The lowest BCUT2D eigenvalue weighted by Gasteiger charge is -2.08. The number of sulfonamides is 1. The van der Waals surface area contributed by atoms with E-state index < -0.39 is 28.5 Å². The molecule has 0 aliphatic heterocycles. The number of benzene rings is 2. The van der Waals surface area contributed by atoms with Gasteiger partial charge in [-0.3, -0.25) is 9.59 Å². The Kier molecular flexibility index (Phi) is 6.67. The Balaban J connectivity index is 1.70. The van der Waals surface area contributed by atoms with Crippen molar-refractivity contribution in [1.82, 2.24) is 4.72 Å². The number of para-hydroxylation sites is 1. The molecule has 2 aromatic carbocycles. The average Bonchev–Trinajstić information content (AvgIpc) is 2.61. The molecule has 0 atom stereocenters. The van der Waals surface area contributed by atoms with Crippen molar-refractivity contribution >= 4 is 27.6 Å². The van der Waals surface area contributed by atoms with E-state index in [2.05, 4.69) is 10.0 Å². The molecule has 7 nitrogen and oxygen atoms in total. The highest BCUT2D eigenvalue weighted by atomic mass is 32.2. The quantitative estimate of drug-likeness (QED) is 0.694. The summed E-state index contributed by atoms with van der Waals surface area (Å²) < 4.78 is 31.0. The number of hydrogen-bond acceptors (Lipinski definition) is 5. The van der Waals surface area contributed by atoms with Gasteiger partial charge in [0, 0.05) is 12.2 Å². The van der Waals surface area contributed by atoms with E-state index in [-0.39, 0.29) is 17.9 Å². The summed E-state index contributed by atoms with van der Waals surface area (Å²) in [4.78, 5) is 23.3. The van der Waals surface area contributed by atoms with E-state index in [1.165, 1.54) is 12.1 Å². The van der Waals surface area contributed by atoms with Gasteiger partial charge in [0.2, 0.25) is 10.0 Å². The van der Waals surface area contributed by atoms with Crippen LogP contribution in [-0.2, 0) is 24.3 Å². The second-order valence-electron chi connectivity index (χ2n) is 5.04. The van der Waals surface area contributed by atoms with Crippen molar-refractivity contribution in [3.63, 3.8) is 0 Å². The fraction of sp³-hybridized carbons (Fsp3) is 0.176. The highest BCUT2D eigenvalue weighted by Gasteiger charge is 2.14. The van der Waals surface area contributed by atoms with Crippen LogP contribution in [0.5, 0.6) is 0 Å². The second kappa shape index (κ2) is 8.95. The predicted octanol–water partition coefficient (Wildman–Crippen LogP) is 1.54. The number of hydrogen-bond donors (Lipinski definition) is 2. The first kappa shape index (κ1) is 18.6. The van der Waals surface area contributed by atoms with E-state index in [0.717, 1.165) is 0 Å². The highest BCUT2D eigenvalue weighted by Crippen LogP contribution is 2.07. The Hall–Kier alpha value is -2.71. The normalized spacial score (nSPS) is 10.9. The molecule has 0 saturated heterocycles. The lowest BCUT2D eigenvalue weighted by Crippen LogP contribution is -2.27. The third-order valence-corrected chi connectivity index (χ3v) is 4.57. The fourth-order valence-corrected chi connectivity index (χ4v) is 2.96. The van der Waals surface area contributed by atoms with Crippen molar-refractivity contribution in [2.45, 2.75) is 11.3 Å². The number of anilines is 1. The molecule has 1 amide bonds. The maximum atomic E-state index is 12.0. The molecule has 0 unspecified atom stereocenters. The molecular formula is C17H18N2O5S. The zero-order valence-electron chi connectivity index (χ0n) is 13.3. The first-order chi connectivity index (χ1) is 12.0. The largest absolute Gasteiger partial charge is 0.456 e. The molecule has 0 radical (unpaired) electrons. The maximum absolute atomic E-state index is 12.0. The smallest absolute Gasteiger partial charge is 0.307 e. The molecule has 2 rings (SSSR count). The van der Waals surface area contributed by atoms with E-state index in [0.29, 0.717) is 5.69 Å². The summed E-state index contributed by atoms with van der Waals surface area (Å²) in [6, 6.07) is 16.6. The third-order valence-electron chi connectivity index (χ3n) is 3.10. The molecule has 0 bridgehead atoms. The third kappa shape index (κ3) is 6.36. The minimum atomic E-state index is -3.66. The molecule has 0 aromatic heterocycles. The highest BCUT2D eigenvalue weighted by molar-refractivity contribution is 7.89. The van der Waals surface area contributed by atoms with Gasteiger partial charge < -0.3 is 10.1 Å². The average molecular weight is 362 g/mol. The summed E-state index contributed by atoms with van der Waals surface area (Å²) >= 11 is 0. The second-order valence-corrected chi connectivity index (χ2v) is 6.80. The molecule has 0 aliphatic rings. The minimum absolute atomic E-state index is 0.115. The molecule has 25 heavy (non-hydrogen) atoms. The Bertz CT molecular complexity index is 807. The minimum Gasteiger partial charge on any atom is -0.456 e. The fourth-order valence-electron chi connectivity index (χ4n) is 1.91. The first-order valence-corrected chi connectivity index (χ1v) is 9.01. The summed E-state index contributed by atoms with van der Waals surface area (Å²) in [5.41, 5.74) is 0.596. The van der Waals surface area contributed by atoms with Gasteiger partial charge >= 0.3 is 5.97 Å². The maximum Gasteiger partial charge on any atom is 0.307 e. The number of amides is 1. The van der Waals surface area contributed by atoms with Crippen LogP contribution < -0.4 is 10.0 Å². The standard InChI is InChI=1S/C17H18N2O5S/c20-16(19-14-7-3-1-4-8-14)13-24-17(21)11-12-18-25(22,23)15-9-5-2-6-10-15/h1-10,18H,11-13H2,(H,19,20). The molecule has 0 fully saturated rings. The van der Waals surface area contributed by atoms with Gasteiger partial charge in [0.05, 0.1) is 11.3 Å². The van der Waals surface area contributed by atoms with E-state index in [4.69, 9.17) is 4.74 Å². The van der Waals surface area contributed by atoms with Crippen molar-refractivity contribution in [3.8, 4) is 0 Å². The number of rotatable bonds is 8. The van der Waals surface area contributed by atoms with Crippen molar-refractivity contribution in [2.75, 3.05) is 18.5 Å². The summed E-state index contributed by atoms with van der Waals surface area (Å²) in [6.07, 6.45) is -0.176. The monoisotopic (exact) mass is 362 g/mol. The predicted molar refractivity (Wildman–Crippen MR) is 92.3 cm³/mol. The summed E-state index contributed by atoms with van der Waals surface area (Å²) in [5.74, 6) is -1.14.